The molecule has 0 aliphatic heterocycles. The Balaban J connectivity index is 2.46. The summed E-state index contributed by atoms with van der Waals surface area (Å²) in [4.78, 5) is 34.1. The van der Waals surface area contributed by atoms with E-state index >= 15 is 0 Å². The molecule has 2 amide bonds. The Hall–Kier alpha value is -2.70. The van der Waals surface area contributed by atoms with Crippen LogP contribution in [-0.4, -0.2) is 28.6 Å². The summed E-state index contributed by atoms with van der Waals surface area (Å²) >= 11 is 0. The molecule has 0 heterocycles. The summed E-state index contributed by atoms with van der Waals surface area (Å²) in [5.41, 5.74) is 4.51. The van der Waals surface area contributed by atoms with E-state index in [1.54, 1.807) is 25.1 Å². The lowest BCUT2D eigenvalue weighted by molar-refractivity contribution is -0.138. The van der Waals surface area contributed by atoms with Gasteiger partial charge in [0.15, 0.2) is 0 Å². The summed E-state index contributed by atoms with van der Waals surface area (Å²) in [5, 5.41) is 15.4. The molecule has 154 valence electrons. The van der Waals surface area contributed by atoms with Crippen molar-refractivity contribution in [1.82, 2.24) is 5.43 Å². The number of amides is 2. The zero-order valence-corrected chi connectivity index (χ0v) is 16.8. The molecule has 1 aromatic rings. The van der Waals surface area contributed by atoms with Gasteiger partial charge in [-0.05, 0) is 31.0 Å². The number of carboxylic acid groups (broad SMARTS) is 1. The fourth-order valence-corrected chi connectivity index (χ4v) is 2.60. The van der Waals surface area contributed by atoms with Crippen LogP contribution >= 0.6 is 0 Å². The van der Waals surface area contributed by atoms with E-state index in [0.717, 1.165) is 24.8 Å². The zero-order valence-electron chi connectivity index (χ0n) is 16.8. The molecule has 0 radical (unpaired) electrons. The fourth-order valence-electron chi connectivity index (χ4n) is 2.60. The average molecular weight is 389 g/mol. The van der Waals surface area contributed by atoms with Gasteiger partial charge in [-0.3, -0.25) is 14.4 Å². The number of hydrogen-bond acceptors (Lipinski definition) is 4. The van der Waals surface area contributed by atoms with Crippen molar-refractivity contribution in [2.24, 2.45) is 5.10 Å². The number of hydrazone groups is 1. The van der Waals surface area contributed by atoms with Gasteiger partial charge >= 0.3 is 5.97 Å². The molecule has 3 N–H and O–H groups in total. The monoisotopic (exact) mass is 389 g/mol. The molecule has 1 aromatic carbocycles. The Morgan fingerprint density at radius 3 is 2.39 bits per heavy atom. The highest BCUT2D eigenvalue weighted by atomic mass is 16.4. The molecule has 0 bridgehead atoms. The predicted molar refractivity (Wildman–Crippen MR) is 110 cm³/mol. The molecular formula is C21H31N3O4. The number of nitrogens with zero attached hydrogens (tertiary/aromatic N) is 1. The van der Waals surface area contributed by atoms with E-state index < -0.39 is 5.97 Å². The zero-order chi connectivity index (χ0) is 20.8. The molecule has 0 saturated heterocycles. The van der Waals surface area contributed by atoms with Crippen LogP contribution in [0, 0.1) is 0 Å². The van der Waals surface area contributed by atoms with Crippen molar-refractivity contribution in [2.45, 2.75) is 71.6 Å². The quantitative estimate of drug-likeness (QED) is 0.268. The molecule has 28 heavy (non-hydrogen) atoms. The van der Waals surface area contributed by atoms with Gasteiger partial charge in [-0.25, -0.2) is 5.43 Å². The summed E-state index contributed by atoms with van der Waals surface area (Å²) in [6, 6.07) is 7.04. The number of unbranched alkanes of at least 4 members (excludes halogenated alkanes) is 5. The van der Waals surface area contributed by atoms with E-state index in [0.29, 0.717) is 17.8 Å². The Labute approximate surface area is 166 Å². The van der Waals surface area contributed by atoms with Crippen molar-refractivity contribution in [3.8, 4) is 0 Å². The van der Waals surface area contributed by atoms with E-state index in [2.05, 4.69) is 22.8 Å². The van der Waals surface area contributed by atoms with Crippen LogP contribution in [0.5, 0.6) is 0 Å². The van der Waals surface area contributed by atoms with Gasteiger partial charge < -0.3 is 10.4 Å². The minimum Gasteiger partial charge on any atom is -0.481 e. The Morgan fingerprint density at radius 2 is 1.68 bits per heavy atom. The molecule has 1 rings (SSSR count). The smallest absolute Gasteiger partial charge is 0.303 e. The maximum absolute atomic E-state index is 11.9. The van der Waals surface area contributed by atoms with Crippen molar-refractivity contribution >= 4 is 29.2 Å². The van der Waals surface area contributed by atoms with Crippen molar-refractivity contribution in [3.63, 3.8) is 0 Å². The van der Waals surface area contributed by atoms with Gasteiger partial charge in [0.25, 0.3) is 0 Å². The Morgan fingerprint density at radius 1 is 0.964 bits per heavy atom. The normalized spacial score (nSPS) is 11.1. The third-order valence-corrected chi connectivity index (χ3v) is 4.24. The maximum Gasteiger partial charge on any atom is 0.303 e. The lowest BCUT2D eigenvalue weighted by Crippen LogP contribution is -2.19. The Kier molecular flexibility index (Phi) is 11.2. The first-order valence-corrected chi connectivity index (χ1v) is 9.87. The number of aliphatic carboxylic acids is 1. The van der Waals surface area contributed by atoms with Crippen LogP contribution in [0.4, 0.5) is 5.69 Å². The van der Waals surface area contributed by atoms with E-state index in [1.165, 1.54) is 19.3 Å². The molecule has 0 aromatic heterocycles. The van der Waals surface area contributed by atoms with Crippen molar-refractivity contribution < 1.29 is 19.5 Å². The van der Waals surface area contributed by atoms with Crippen LogP contribution in [-0.2, 0) is 14.4 Å². The van der Waals surface area contributed by atoms with Gasteiger partial charge in [0.2, 0.25) is 11.8 Å². The number of hydrogen-bond donors (Lipinski definition) is 3. The molecule has 0 aliphatic rings. The van der Waals surface area contributed by atoms with Gasteiger partial charge in [0.05, 0.1) is 12.1 Å². The standard InChI is InChI=1S/C21H31N3O4/c1-3-4-5-6-7-8-12-20(26)24-23-16(2)17-10-9-11-18(15-17)22-19(25)13-14-21(27)28/h9-11,15H,3-8,12-14H2,1-2H3,(H,22,25)(H,24,26)(H,27,28)/b23-16-. The Bertz CT molecular complexity index is 686. The second-order valence-electron chi connectivity index (χ2n) is 6.77. The topological polar surface area (TPSA) is 108 Å². The average Bonchev–Trinajstić information content (AvgIpc) is 2.67. The molecule has 0 saturated carbocycles. The van der Waals surface area contributed by atoms with Crippen LogP contribution in [0.3, 0.4) is 0 Å². The molecule has 0 atom stereocenters. The first-order chi connectivity index (χ1) is 13.4. The van der Waals surface area contributed by atoms with E-state index in [1.807, 2.05) is 6.07 Å². The van der Waals surface area contributed by atoms with E-state index in [4.69, 9.17) is 5.11 Å². The van der Waals surface area contributed by atoms with Gasteiger partial charge in [0, 0.05) is 18.5 Å². The van der Waals surface area contributed by atoms with Gasteiger partial charge in [-0.15, -0.1) is 0 Å². The summed E-state index contributed by atoms with van der Waals surface area (Å²) < 4.78 is 0. The van der Waals surface area contributed by atoms with E-state index in [-0.39, 0.29) is 24.7 Å². The minimum absolute atomic E-state index is 0.0822. The van der Waals surface area contributed by atoms with Gasteiger partial charge in [0.1, 0.15) is 0 Å². The minimum atomic E-state index is -1.01. The largest absolute Gasteiger partial charge is 0.481 e. The molecule has 7 heteroatoms. The summed E-state index contributed by atoms with van der Waals surface area (Å²) in [5.74, 6) is -1.47. The molecule has 0 aliphatic carbocycles. The van der Waals surface area contributed by atoms with Crippen LogP contribution in [0.15, 0.2) is 29.4 Å². The first kappa shape index (κ1) is 23.3. The highest BCUT2D eigenvalue weighted by molar-refractivity contribution is 6.01. The van der Waals surface area contributed by atoms with Gasteiger partial charge in [-0.1, -0.05) is 51.2 Å². The number of rotatable bonds is 13. The number of carbonyl (C=O) groups excluding carboxylic acids is 2. The number of nitrogens with one attached hydrogen (secondary N) is 2. The van der Waals surface area contributed by atoms with Crippen LogP contribution in [0.25, 0.3) is 0 Å². The second kappa shape index (κ2) is 13.5. The van der Waals surface area contributed by atoms with Crippen LogP contribution in [0.1, 0.15) is 77.2 Å². The molecule has 0 fully saturated rings. The van der Waals surface area contributed by atoms with Gasteiger partial charge in [-0.2, -0.15) is 5.10 Å². The summed E-state index contributed by atoms with van der Waals surface area (Å²) in [6.07, 6.45) is 6.92. The second-order valence-corrected chi connectivity index (χ2v) is 6.77. The fraction of sp³-hybridized carbons (Fsp3) is 0.524. The lowest BCUT2D eigenvalue weighted by atomic mass is 10.1. The highest BCUT2D eigenvalue weighted by Gasteiger charge is 2.07. The maximum atomic E-state index is 11.9. The third-order valence-electron chi connectivity index (χ3n) is 4.24. The number of benzene rings is 1. The first-order valence-electron chi connectivity index (χ1n) is 9.87. The number of carbonyl (C=O) groups is 3. The summed E-state index contributed by atoms with van der Waals surface area (Å²) in [6.45, 7) is 3.95. The number of anilines is 1. The SMILES string of the molecule is CCCCCCCCC(=O)N/N=C(/C)c1cccc(NC(=O)CCC(=O)O)c1. The third kappa shape index (κ3) is 10.4. The van der Waals surface area contributed by atoms with E-state index in [9.17, 15) is 14.4 Å². The van der Waals surface area contributed by atoms with Crippen molar-refractivity contribution in [2.75, 3.05) is 5.32 Å². The predicted octanol–water partition coefficient (Wildman–Crippen LogP) is 4.08. The van der Waals surface area contributed by atoms with Crippen LogP contribution in [0.2, 0.25) is 0 Å². The molecule has 0 unspecified atom stereocenters. The highest BCUT2D eigenvalue weighted by Crippen LogP contribution is 2.12. The summed E-state index contributed by atoms with van der Waals surface area (Å²) in [7, 11) is 0. The van der Waals surface area contributed by atoms with Crippen molar-refractivity contribution in [1.29, 1.82) is 0 Å². The molecule has 0 spiro atoms. The lowest BCUT2D eigenvalue weighted by Gasteiger charge is -2.07. The molecule has 7 nitrogen and oxygen atoms in total. The van der Waals surface area contributed by atoms with Crippen LogP contribution < -0.4 is 10.7 Å². The number of carboxylic acids is 1. The van der Waals surface area contributed by atoms with Crippen molar-refractivity contribution in [3.05, 3.63) is 29.8 Å². The molecular weight excluding hydrogens is 358 g/mol.